The normalized spacial score (nSPS) is 16.8. The topological polar surface area (TPSA) is 49.4 Å². The predicted molar refractivity (Wildman–Crippen MR) is 104 cm³/mol. The van der Waals surface area contributed by atoms with Gasteiger partial charge >= 0.3 is 0 Å². The van der Waals surface area contributed by atoms with Crippen molar-refractivity contribution in [2.45, 2.75) is 40.2 Å². The summed E-state index contributed by atoms with van der Waals surface area (Å²) >= 11 is 0. The molecule has 3 rings (SSSR count). The number of hydrogen-bond donors (Lipinski definition) is 1. The number of amides is 2. The molecule has 1 aliphatic heterocycles. The third-order valence-electron chi connectivity index (χ3n) is 5.20. The fourth-order valence-corrected chi connectivity index (χ4v) is 3.25. The van der Waals surface area contributed by atoms with Crippen molar-refractivity contribution in [1.29, 1.82) is 0 Å². The number of anilines is 1. The molecule has 1 N–H and O–H groups in total. The molecule has 2 aromatic rings. The van der Waals surface area contributed by atoms with Crippen LogP contribution in [0, 0.1) is 19.8 Å². The summed E-state index contributed by atoms with van der Waals surface area (Å²) in [7, 11) is 0. The molecule has 0 unspecified atom stereocenters. The van der Waals surface area contributed by atoms with Gasteiger partial charge in [-0.25, -0.2) is 0 Å². The van der Waals surface area contributed by atoms with Crippen LogP contribution in [0.1, 0.15) is 35.6 Å². The van der Waals surface area contributed by atoms with Crippen molar-refractivity contribution in [2.75, 3.05) is 11.4 Å². The van der Waals surface area contributed by atoms with E-state index in [1.165, 1.54) is 11.1 Å². The molecule has 1 heterocycles. The van der Waals surface area contributed by atoms with E-state index in [2.05, 4.69) is 24.4 Å². The Morgan fingerprint density at radius 3 is 2.42 bits per heavy atom. The Morgan fingerprint density at radius 2 is 1.77 bits per heavy atom. The van der Waals surface area contributed by atoms with E-state index in [-0.39, 0.29) is 24.2 Å². The lowest BCUT2D eigenvalue weighted by Gasteiger charge is -2.18. The van der Waals surface area contributed by atoms with Gasteiger partial charge in [-0.3, -0.25) is 9.59 Å². The van der Waals surface area contributed by atoms with Crippen molar-refractivity contribution in [3.8, 4) is 0 Å². The van der Waals surface area contributed by atoms with E-state index in [1.807, 2.05) is 44.2 Å². The van der Waals surface area contributed by atoms with Crippen LogP contribution in [0.3, 0.4) is 0 Å². The number of aryl methyl sites for hydroxylation is 3. The highest BCUT2D eigenvalue weighted by molar-refractivity contribution is 6.00. The van der Waals surface area contributed by atoms with Crippen LogP contribution in [-0.4, -0.2) is 18.4 Å². The van der Waals surface area contributed by atoms with Gasteiger partial charge in [-0.1, -0.05) is 37.3 Å². The van der Waals surface area contributed by atoms with E-state index in [0.717, 1.165) is 23.2 Å². The number of nitrogens with one attached hydrogen (secondary N) is 1. The summed E-state index contributed by atoms with van der Waals surface area (Å²) in [5.74, 6) is -0.330. The van der Waals surface area contributed by atoms with Crippen LogP contribution < -0.4 is 10.2 Å². The molecule has 0 spiro atoms. The minimum absolute atomic E-state index is 0.0145. The molecule has 1 aliphatic rings. The van der Waals surface area contributed by atoms with Crippen LogP contribution >= 0.6 is 0 Å². The smallest absolute Gasteiger partial charge is 0.227 e. The molecular formula is C22H26N2O2. The Morgan fingerprint density at radius 1 is 1.08 bits per heavy atom. The minimum Gasteiger partial charge on any atom is -0.352 e. The zero-order valence-electron chi connectivity index (χ0n) is 15.7. The SMILES string of the molecule is CCc1ccc(CNC(=O)[C@@H]2CC(=O)N(c3ccc(C)c(C)c3)C2)cc1. The largest absolute Gasteiger partial charge is 0.352 e. The van der Waals surface area contributed by atoms with Gasteiger partial charge in [-0.05, 0) is 54.7 Å². The van der Waals surface area contributed by atoms with Gasteiger partial charge in [0.2, 0.25) is 11.8 Å². The van der Waals surface area contributed by atoms with Gasteiger partial charge in [0.05, 0.1) is 5.92 Å². The molecule has 1 atom stereocenters. The van der Waals surface area contributed by atoms with E-state index in [1.54, 1.807) is 4.90 Å². The second-order valence-corrected chi connectivity index (χ2v) is 7.06. The van der Waals surface area contributed by atoms with Crippen LogP contribution in [0.15, 0.2) is 42.5 Å². The quantitative estimate of drug-likeness (QED) is 0.897. The summed E-state index contributed by atoms with van der Waals surface area (Å²) in [4.78, 5) is 26.6. The van der Waals surface area contributed by atoms with Crippen molar-refractivity contribution in [2.24, 2.45) is 5.92 Å². The molecule has 136 valence electrons. The van der Waals surface area contributed by atoms with Crippen molar-refractivity contribution >= 4 is 17.5 Å². The number of nitrogens with zero attached hydrogens (tertiary/aromatic N) is 1. The van der Waals surface area contributed by atoms with E-state index in [0.29, 0.717) is 13.1 Å². The molecule has 0 saturated carbocycles. The average Bonchev–Trinajstić information content (AvgIpc) is 3.04. The monoisotopic (exact) mass is 350 g/mol. The fraction of sp³-hybridized carbons (Fsp3) is 0.364. The summed E-state index contributed by atoms with van der Waals surface area (Å²) in [5, 5.41) is 2.97. The first-order valence-corrected chi connectivity index (χ1v) is 9.21. The van der Waals surface area contributed by atoms with Crippen molar-refractivity contribution in [3.05, 3.63) is 64.7 Å². The van der Waals surface area contributed by atoms with E-state index < -0.39 is 0 Å². The maximum Gasteiger partial charge on any atom is 0.227 e. The lowest BCUT2D eigenvalue weighted by Crippen LogP contribution is -2.32. The molecule has 4 heteroatoms. The molecule has 1 fully saturated rings. The van der Waals surface area contributed by atoms with Gasteiger partial charge in [0.25, 0.3) is 0 Å². The predicted octanol–water partition coefficient (Wildman–Crippen LogP) is 3.54. The number of carbonyl (C=O) groups excluding carboxylic acids is 2. The lowest BCUT2D eigenvalue weighted by atomic mass is 10.1. The number of rotatable bonds is 5. The van der Waals surface area contributed by atoms with Crippen LogP contribution in [0.25, 0.3) is 0 Å². The molecule has 26 heavy (non-hydrogen) atoms. The molecule has 0 bridgehead atoms. The minimum atomic E-state index is -0.293. The lowest BCUT2D eigenvalue weighted by molar-refractivity contribution is -0.126. The molecule has 2 amide bonds. The first kappa shape index (κ1) is 18.2. The highest BCUT2D eigenvalue weighted by Gasteiger charge is 2.35. The van der Waals surface area contributed by atoms with Crippen molar-refractivity contribution in [1.82, 2.24) is 5.32 Å². The summed E-state index contributed by atoms with van der Waals surface area (Å²) in [6.45, 7) is 7.15. The Labute approximate surface area is 155 Å². The van der Waals surface area contributed by atoms with Gasteiger partial charge in [-0.15, -0.1) is 0 Å². The Kier molecular flexibility index (Phi) is 5.40. The summed E-state index contributed by atoms with van der Waals surface area (Å²) in [6, 6.07) is 14.2. The molecule has 0 radical (unpaired) electrons. The van der Waals surface area contributed by atoms with E-state index in [9.17, 15) is 9.59 Å². The summed E-state index contributed by atoms with van der Waals surface area (Å²) in [5.41, 5.74) is 5.59. The Bertz CT molecular complexity index is 811. The molecule has 2 aromatic carbocycles. The van der Waals surface area contributed by atoms with Gasteiger partial charge in [0.15, 0.2) is 0 Å². The Hall–Kier alpha value is -2.62. The highest BCUT2D eigenvalue weighted by Crippen LogP contribution is 2.27. The highest BCUT2D eigenvalue weighted by atomic mass is 16.2. The molecule has 0 aromatic heterocycles. The van der Waals surface area contributed by atoms with Crippen LogP contribution in [0.5, 0.6) is 0 Å². The molecule has 4 nitrogen and oxygen atoms in total. The molecule has 0 aliphatic carbocycles. The number of carbonyl (C=O) groups is 2. The third-order valence-corrected chi connectivity index (χ3v) is 5.20. The maximum absolute atomic E-state index is 12.5. The number of hydrogen-bond acceptors (Lipinski definition) is 2. The first-order valence-electron chi connectivity index (χ1n) is 9.21. The van der Waals surface area contributed by atoms with Crippen LogP contribution in [0.2, 0.25) is 0 Å². The standard InChI is InChI=1S/C22H26N2O2/c1-4-17-6-8-18(9-7-17)13-23-22(26)19-12-21(25)24(14-19)20-10-5-15(2)16(3)11-20/h5-11,19H,4,12-14H2,1-3H3,(H,23,26)/t19-/m1/s1. The summed E-state index contributed by atoms with van der Waals surface area (Å²) < 4.78 is 0. The van der Waals surface area contributed by atoms with Gasteiger partial charge in [0, 0.05) is 25.2 Å². The van der Waals surface area contributed by atoms with Crippen molar-refractivity contribution < 1.29 is 9.59 Å². The Balaban J connectivity index is 1.60. The molecular weight excluding hydrogens is 324 g/mol. The van der Waals surface area contributed by atoms with Crippen LogP contribution in [-0.2, 0) is 22.6 Å². The van der Waals surface area contributed by atoms with Gasteiger partial charge in [0.1, 0.15) is 0 Å². The van der Waals surface area contributed by atoms with E-state index in [4.69, 9.17) is 0 Å². The average molecular weight is 350 g/mol. The zero-order valence-corrected chi connectivity index (χ0v) is 15.7. The first-order chi connectivity index (χ1) is 12.5. The third kappa shape index (κ3) is 3.96. The van der Waals surface area contributed by atoms with Gasteiger partial charge < -0.3 is 10.2 Å². The second kappa shape index (κ2) is 7.73. The van der Waals surface area contributed by atoms with Crippen LogP contribution in [0.4, 0.5) is 5.69 Å². The van der Waals surface area contributed by atoms with E-state index >= 15 is 0 Å². The molecule has 1 saturated heterocycles. The number of benzene rings is 2. The summed E-state index contributed by atoms with van der Waals surface area (Å²) in [6.07, 6.45) is 1.28. The van der Waals surface area contributed by atoms with Gasteiger partial charge in [-0.2, -0.15) is 0 Å². The maximum atomic E-state index is 12.5. The van der Waals surface area contributed by atoms with Crippen molar-refractivity contribution in [3.63, 3.8) is 0 Å². The second-order valence-electron chi connectivity index (χ2n) is 7.06. The zero-order chi connectivity index (χ0) is 18.7. The fourth-order valence-electron chi connectivity index (χ4n) is 3.25.